The summed E-state index contributed by atoms with van der Waals surface area (Å²) in [5.41, 5.74) is -0.0532. The zero-order chi connectivity index (χ0) is 5.11. The van der Waals surface area contributed by atoms with Crippen molar-refractivity contribution in [2.24, 2.45) is 0 Å². The Morgan fingerprint density at radius 2 is 1.55 bits per heavy atom. The summed E-state index contributed by atoms with van der Waals surface area (Å²) in [6, 6.07) is 4.93. The third kappa shape index (κ3) is 10.1. The average molecular weight is 241 g/mol. The minimum absolute atomic E-state index is 0. The van der Waals surface area contributed by atoms with E-state index in [1.165, 1.54) is 6.07 Å². The van der Waals surface area contributed by atoms with Crippen molar-refractivity contribution in [2.75, 3.05) is 0 Å². The number of halogens is 4. The van der Waals surface area contributed by atoms with E-state index < -0.39 is 0 Å². The predicted octanol–water partition coefficient (Wildman–Crippen LogP) is 2.06. The van der Waals surface area contributed by atoms with Crippen molar-refractivity contribution >= 4 is 49.6 Å². The maximum absolute atomic E-state index is 10.2. The van der Waals surface area contributed by atoms with Gasteiger partial charge in [0.05, 0.1) is 0 Å². The molecule has 0 aliphatic carbocycles. The fraction of sp³-hybridized carbons (Fsp3) is 0. The maximum Gasteiger partial charge on any atom is 0.247 e. The summed E-state index contributed by atoms with van der Waals surface area (Å²) in [5.74, 6) is 0. The molecular weight excluding hydrogens is 232 g/mol. The highest BCUT2D eigenvalue weighted by Gasteiger charge is 1.69. The Balaban J connectivity index is -0.0000000612. The van der Waals surface area contributed by atoms with Crippen LogP contribution in [-0.2, 0) is 0 Å². The van der Waals surface area contributed by atoms with Gasteiger partial charge < -0.3 is 4.98 Å². The number of aromatic nitrogens is 1. The van der Waals surface area contributed by atoms with Crippen LogP contribution in [0.25, 0.3) is 0 Å². The number of H-pyrrole nitrogens is 1. The summed E-state index contributed by atoms with van der Waals surface area (Å²) >= 11 is 0. The largest absolute Gasteiger partial charge is 0.329 e. The van der Waals surface area contributed by atoms with Crippen LogP contribution in [0.3, 0.4) is 0 Å². The van der Waals surface area contributed by atoms with Gasteiger partial charge in [-0.15, -0.1) is 49.6 Å². The van der Waals surface area contributed by atoms with E-state index in [4.69, 9.17) is 0 Å². The molecule has 0 aromatic carbocycles. The molecule has 0 spiro atoms. The molecule has 6 heteroatoms. The molecule has 1 N–H and O–H groups in total. The lowest BCUT2D eigenvalue weighted by Crippen LogP contribution is -1.98. The van der Waals surface area contributed by atoms with Crippen LogP contribution < -0.4 is 5.56 Å². The first kappa shape index (κ1) is 22.5. The minimum Gasteiger partial charge on any atom is -0.329 e. The molecule has 0 saturated heterocycles. The Hall–Kier alpha value is 0.110. The second-order valence-electron chi connectivity index (χ2n) is 1.23. The number of rotatable bonds is 0. The second-order valence-corrected chi connectivity index (χ2v) is 1.23. The van der Waals surface area contributed by atoms with Gasteiger partial charge in [0, 0.05) is 12.3 Å². The van der Waals surface area contributed by atoms with E-state index in [1.807, 2.05) is 0 Å². The molecule has 1 aromatic rings. The molecule has 0 fully saturated rings. The van der Waals surface area contributed by atoms with Crippen LogP contribution in [-0.4, -0.2) is 4.98 Å². The number of hydrogen-bond donors (Lipinski definition) is 1. The van der Waals surface area contributed by atoms with Gasteiger partial charge in [0.1, 0.15) is 0 Å². The highest BCUT2D eigenvalue weighted by atomic mass is 35.5. The van der Waals surface area contributed by atoms with Crippen LogP contribution in [0.15, 0.2) is 29.2 Å². The summed E-state index contributed by atoms with van der Waals surface area (Å²) in [6.45, 7) is 0. The number of nitrogens with one attached hydrogen (secondary N) is 1. The van der Waals surface area contributed by atoms with Crippen LogP contribution in [0.1, 0.15) is 0 Å². The molecule has 0 saturated carbocycles. The number of pyridine rings is 1. The zero-order valence-electron chi connectivity index (χ0n) is 5.35. The molecule has 0 aliphatic heterocycles. The summed E-state index contributed by atoms with van der Waals surface area (Å²) in [5, 5.41) is 0. The Kier molecular flexibility index (Phi) is 26.1. The monoisotopic (exact) mass is 239 g/mol. The van der Waals surface area contributed by atoms with Crippen molar-refractivity contribution in [3.63, 3.8) is 0 Å². The first-order valence-corrected chi connectivity index (χ1v) is 2.03. The van der Waals surface area contributed by atoms with Gasteiger partial charge in [-0.3, -0.25) is 4.79 Å². The van der Waals surface area contributed by atoms with E-state index in [-0.39, 0.29) is 55.2 Å². The van der Waals surface area contributed by atoms with Gasteiger partial charge in [0.2, 0.25) is 5.56 Å². The fourth-order valence-electron chi connectivity index (χ4n) is 0.377. The molecule has 68 valence electrons. The van der Waals surface area contributed by atoms with Gasteiger partial charge in [-0.25, -0.2) is 0 Å². The van der Waals surface area contributed by atoms with Gasteiger partial charge in [0.15, 0.2) is 0 Å². The zero-order valence-corrected chi connectivity index (χ0v) is 8.62. The summed E-state index contributed by atoms with van der Waals surface area (Å²) < 4.78 is 0. The van der Waals surface area contributed by atoms with Crippen LogP contribution >= 0.6 is 49.6 Å². The van der Waals surface area contributed by atoms with Gasteiger partial charge in [-0.1, -0.05) is 6.07 Å². The van der Waals surface area contributed by atoms with Crippen molar-refractivity contribution < 1.29 is 0 Å². The standard InChI is InChI=1S/C5H5NO.4ClH/c7-5-3-1-2-4-6-5;;;;/h1-4H,(H,6,7);4*1H. The molecule has 0 bridgehead atoms. The van der Waals surface area contributed by atoms with E-state index in [2.05, 4.69) is 4.98 Å². The van der Waals surface area contributed by atoms with E-state index in [0.29, 0.717) is 0 Å². The second kappa shape index (κ2) is 12.8. The summed E-state index contributed by atoms with van der Waals surface area (Å²) in [4.78, 5) is 12.7. The van der Waals surface area contributed by atoms with Gasteiger partial charge >= 0.3 is 0 Å². The molecule has 0 radical (unpaired) electrons. The third-order valence-electron chi connectivity index (χ3n) is 0.681. The smallest absolute Gasteiger partial charge is 0.247 e. The lowest BCUT2D eigenvalue weighted by atomic mass is 10.5. The van der Waals surface area contributed by atoms with Crippen LogP contribution in [0.5, 0.6) is 0 Å². The Morgan fingerprint density at radius 1 is 1.00 bits per heavy atom. The number of hydrogen-bond acceptors (Lipinski definition) is 1. The lowest BCUT2D eigenvalue weighted by Gasteiger charge is -1.73. The highest BCUT2D eigenvalue weighted by Crippen LogP contribution is 1.67. The first-order chi connectivity index (χ1) is 3.39. The van der Waals surface area contributed by atoms with Crippen LogP contribution in [0.2, 0.25) is 0 Å². The molecule has 1 aromatic heterocycles. The van der Waals surface area contributed by atoms with Crippen molar-refractivity contribution in [1.29, 1.82) is 0 Å². The third-order valence-corrected chi connectivity index (χ3v) is 0.681. The van der Waals surface area contributed by atoms with E-state index in [0.717, 1.165) is 0 Å². The first-order valence-electron chi connectivity index (χ1n) is 2.03. The molecule has 1 rings (SSSR count). The van der Waals surface area contributed by atoms with E-state index in [1.54, 1.807) is 18.3 Å². The van der Waals surface area contributed by atoms with E-state index in [9.17, 15) is 4.79 Å². The van der Waals surface area contributed by atoms with Gasteiger partial charge in [0.25, 0.3) is 0 Å². The Morgan fingerprint density at radius 3 is 1.73 bits per heavy atom. The molecule has 1 heterocycles. The van der Waals surface area contributed by atoms with Crippen molar-refractivity contribution in [3.8, 4) is 0 Å². The summed E-state index contributed by atoms with van der Waals surface area (Å²) in [7, 11) is 0. The molecule has 2 nitrogen and oxygen atoms in total. The summed E-state index contributed by atoms with van der Waals surface area (Å²) in [6.07, 6.45) is 1.60. The highest BCUT2D eigenvalue weighted by molar-refractivity contribution is 5.86. The van der Waals surface area contributed by atoms with E-state index >= 15 is 0 Å². The quantitative estimate of drug-likeness (QED) is 0.740. The SMILES string of the molecule is Cl.Cl.Cl.Cl.O=c1cccc[nH]1. The average Bonchev–Trinajstić information content (AvgIpc) is 1.69. The Labute approximate surface area is 89.4 Å². The number of aromatic amines is 1. The van der Waals surface area contributed by atoms with Gasteiger partial charge in [-0.2, -0.15) is 0 Å². The topological polar surface area (TPSA) is 32.9 Å². The van der Waals surface area contributed by atoms with Crippen LogP contribution in [0.4, 0.5) is 0 Å². The molecule has 0 aliphatic rings. The normalized spacial score (nSPS) is 5.45. The molecular formula is C5H9Cl4NO. The van der Waals surface area contributed by atoms with Crippen molar-refractivity contribution in [3.05, 3.63) is 34.7 Å². The Bertz CT molecular complexity index is 184. The maximum atomic E-state index is 10.2. The fourth-order valence-corrected chi connectivity index (χ4v) is 0.377. The van der Waals surface area contributed by atoms with Crippen molar-refractivity contribution in [1.82, 2.24) is 4.98 Å². The van der Waals surface area contributed by atoms with Crippen molar-refractivity contribution in [2.45, 2.75) is 0 Å². The lowest BCUT2D eigenvalue weighted by molar-refractivity contribution is 1.24. The molecule has 0 unspecified atom stereocenters. The predicted molar refractivity (Wildman–Crippen MR) is 56.1 cm³/mol. The molecule has 0 amide bonds. The van der Waals surface area contributed by atoms with Crippen LogP contribution in [0, 0.1) is 0 Å². The minimum atomic E-state index is -0.0532. The molecule has 11 heavy (non-hydrogen) atoms. The van der Waals surface area contributed by atoms with Gasteiger partial charge in [-0.05, 0) is 6.07 Å². The molecule has 0 atom stereocenters.